The van der Waals surface area contributed by atoms with E-state index in [9.17, 15) is 13.2 Å². The smallest absolute Gasteiger partial charge is 0.258 e. The average molecular weight is 435 g/mol. The van der Waals surface area contributed by atoms with Crippen molar-refractivity contribution in [3.05, 3.63) is 94.5 Å². The van der Waals surface area contributed by atoms with Crippen LogP contribution in [0.1, 0.15) is 39.5 Å². The van der Waals surface area contributed by atoms with E-state index >= 15 is 0 Å². The van der Waals surface area contributed by atoms with Gasteiger partial charge in [0.05, 0.1) is 4.90 Å². The van der Waals surface area contributed by atoms with Crippen LogP contribution in [0.4, 0.5) is 5.69 Å². The van der Waals surface area contributed by atoms with Crippen LogP contribution in [0.25, 0.3) is 0 Å². The molecular weight excluding hydrogens is 408 g/mol. The molecule has 3 aromatic carbocycles. The van der Waals surface area contributed by atoms with E-state index in [1.54, 1.807) is 17.0 Å². The first-order valence-corrected chi connectivity index (χ1v) is 11.9. The Balaban J connectivity index is 1.47. The first kappa shape index (κ1) is 21.3. The Morgan fingerprint density at radius 1 is 1.00 bits per heavy atom. The summed E-state index contributed by atoms with van der Waals surface area (Å²) in [6.45, 7) is 4.84. The van der Waals surface area contributed by atoms with Gasteiger partial charge in [-0.1, -0.05) is 48.9 Å². The monoisotopic (exact) mass is 434 g/mol. The maximum atomic E-state index is 12.9. The number of anilines is 1. The normalized spacial score (nSPS) is 13.3. The van der Waals surface area contributed by atoms with Gasteiger partial charge in [-0.15, -0.1) is 0 Å². The zero-order chi connectivity index (χ0) is 22.0. The maximum Gasteiger partial charge on any atom is 0.258 e. The number of fused-ring (bicyclic) bond motifs is 1. The SMILES string of the molecule is CCc1ccc(S(=O)(=O)NCc2ccc3c(c2)CCN3C(=O)c2cccc(C)c2)cc1. The highest BCUT2D eigenvalue weighted by atomic mass is 32.2. The van der Waals surface area contributed by atoms with Crippen LogP contribution in [0.5, 0.6) is 0 Å². The Labute approximate surface area is 183 Å². The van der Waals surface area contributed by atoms with Crippen molar-refractivity contribution in [2.75, 3.05) is 11.4 Å². The molecule has 0 aromatic heterocycles. The minimum absolute atomic E-state index is 0.00794. The van der Waals surface area contributed by atoms with E-state index in [4.69, 9.17) is 0 Å². The van der Waals surface area contributed by atoms with E-state index in [-0.39, 0.29) is 17.3 Å². The van der Waals surface area contributed by atoms with Gasteiger partial charge in [-0.05, 0) is 66.8 Å². The van der Waals surface area contributed by atoms with Crippen LogP contribution >= 0.6 is 0 Å². The van der Waals surface area contributed by atoms with Crippen LogP contribution in [-0.4, -0.2) is 20.9 Å². The van der Waals surface area contributed by atoms with Crippen molar-refractivity contribution in [1.82, 2.24) is 4.72 Å². The molecule has 31 heavy (non-hydrogen) atoms. The fraction of sp³-hybridized carbons (Fsp3) is 0.240. The van der Waals surface area contributed by atoms with Crippen LogP contribution in [-0.2, 0) is 29.4 Å². The predicted molar refractivity (Wildman–Crippen MR) is 123 cm³/mol. The molecular formula is C25H26N2O3S. The molecule has 0 saturated carbocycles. The number of sulfonamides is 1. The Bertz CT molecular complexity index is 1220. The first-order chi connectivity index (χ1) is 14.9. The van der Waals surface area contributed by atoms with Gasteiger partial charge in [0, 0.05) is 24.3 Å². The number of hydrogen-bond donors (Lipinski definition) is 1. The molecule has 0 unspecified atom stereocenters. The van der Waals surface area contributed by atoms with E-state index in [2.05, 4.69) is 4.72 Å². The number of rotatable bonds is 6. The van der Waals surface area contributed by atoms with E-state index in [0.717, 1.165) is 40.8 Å². The Hall–Kier alpha value is -2.96. The topological polar surface area (TPSA) is 66.5 Å². The zero-order valence-corrected chi connectivity index (χ0v) is 18.6. The zero-order valence-electron chi connectivity index (χ0n) is 17.8. The van der Waals surface area contributed by atoms with Gasteiger partial charge in [0.25, 0.3) is 5.91 Å². The lowest BCUT2D eigenvalue weighted by Gasteiger charge is -2.18. The molecule has 0 radical (unpaired) electrons. The highest BCUT2D eigenvalue weighted by Gasteiger charge is 2.26. The summed E-state index contributed by atoms with van der Waals surface area (Å²) in [5.41, 5.74) is 5.66. The molecule has 1 N–H and O–H groups in total. The fourth-order valence-corrected chi connectivity index (χ4v) is 4.89. The average Bonchev–Trinajstić information content (AvgIpc) is 3.20. The van der Waals surface area contributed by atoms with Gasteiger partial charge in [0.1, 0.15) is 0 Å². The highest BCUT2D eigenvalue weighted by Crippen LogP contribution is 2.30. The lowest BCUT2D eigenvalue weighted by Crippen LogP contribution is -2.28. The van der Waals surface area contributed by atoms with Crippen molar-refractivity contribution in [2.45, 2.75) is 38.1 Å². The molecule has 0 saturated heterocycles. The second-order valence-electron chi connectivity index (χ2n) is 7.86. The van der Waals surface area contributed by atoms with E-state index < -0.39 is 10.0 Å². The van der Waals surface area contributed by atoms with Crippen molar-refractivity contribution < 1.29 is 13.2 Å². The van der Waals surface area contributed by atoms with Gasteiger partial charge >= 0.3 is 0 Å². The number of benzene rings is 3. The van der Waals surface area contributed by atoms with E-state index in [0.29, 0.717) is 12.1 Å². The number of nitrogens with zero attached hydrogens (tertiary/aromatic N) is 1. The molecule has 0 spiro atoms. The van der Waals surface area contributed by atoms with Crippen molar-refractivity contribution >= 4 is 21.6 Å². The molecule has 5 nitrogen and oxygen atoms in total. The summed E-state index contributed by atoms with van der Waals surface area (Å²) in [6, 6.07) is 20.3. The van der Waals surface area contributed by atoms with Crippen molar-refractivity contribution in [3.8, 4) is 0 Å². The van der Waals surface area contributed by atoms with Gasteiger partial charge in [0.2, 0.25) is 10.0 Å². The van der Waals surface area contributed by atoms with E-state index in [1.165, 1.54) is 0 Å². The number of nitrogens with one attached hydrogen (secondary N) is 1. The molecule has 1 aliphatic rings. The molecule has 160 valence electrons. The molecule has 1 aliphatic heterocycles. The molecule has 0 bridgehead atoms. The molecule has 1 heterocycles. The molecule has 0 aliphatic carbocycles. The first-order valence-electron chi connectivity index (χ1n) is 10.5. The number of carbonyl (C=O) groups excluding carboxylic acids is 1. The second kappa shape index (κ2) is 8.65. The lowest BCUT2D eigenvalue weighted by molar-refractivity contribution is 0.0989. The number of amides is 1. The van der Waals surface area contributed by atoms with Crippen LogP contribution in [0.15, 0.2) is 71.6 Å². The molecule has 3 aromatic rings. The van der Waals surface area contributed by atoms with Crippen LogP contribution in [0.3, 0.4) is 0 Å². The van der Waals surface area contributed by atoms with Crippen LogP contribution < -0.4 is 9.62 Å². The van der Waals surface area contributed by atoms with Crippen molar-refractivity contribution in [2.24, 2.45) is 0 Å². The third kappa shape index (κ3) is 4.55. The Morgan fingerprint density at radius 2 is 1.74 bits per heavy atom. The Kier molecular flexibility index (Phi) is 5.94. The number of aryl methyl sites for hydroxylation is 2. The third-order valence-corrected chi connectivity index (χ3v) is 7.07. The minimum atomic E-state index is -3.58. The van der Waals surface area contributed by atoms with Crippen molar-refractivity contribution in [1.29, 1.82) is 0 Å². The summed E-state index contributed by atoms with van der Waals surface area (Å²) in [5.74, 6) is -0.00794. The summed E-state index contributed by atoms with van der Waals surface area (Å²) >= 11 is 0. The molecule has 1 amide bonds. The highest BCUT2D eigenvalue weighted by molar-refractivity contribution is 7.89. The van der Waals surface area contributed by atoms with E-state index in [1.807, 2.05) is 68.4 Å². The maximum absolute atomic E-state index is 12.9. The van der Waals surface area contributed by atoms with Crippen LogP contribution in [0, 0.1) is 6.92 Å². The summed E-state index contributed by atoms with van der Waals surface area (Å²) < 4.78 is 27.9. The fourth-order valence-electron chi connectivity index (χ4n) is 3.88. The summed E-state index contributed by atoms with van der Waals surface area (Å²) in [6.07, 6.45) is 1.62. The summed E-state index contributed by atoms with van der Waals surface area (Å²) in [4.78, 5) is 15.0. The minimum Gasteiger partial charge on any atom is -0.308 e. The molecule has 4 rings (SSSR count). The van der Waals surface area contributed by atoms with Gasteiger partial charge in [-0.2, -0.15) is 0 Å². The Morgan fingerprint density at radius 3 is 2.45 bits per heavy atom. The third-order valence-electron chi connectivity index (χ3n) is 5.66. The molecule has 0 atom stereocenters. The predicted octanol–water partition coefficient (Wildman–Crippen LogP) is 4.24. The van der Waals surface area contributed by atoms with Crippen LogP contribution in [0.2, 0.25) is 0 Å². The van der Waals surface area contributed by atoms with Gasteiger partial charge in [-0.25, -0.2) is 13.1 Å². The van der Waals surface area contributed by atoms with Gasteiger partial charge in [-0.3, -0.25) is 4.79 Å². The summed E-state index contributed by atoms with van der Waals surface area (Å²) in [7, 11) is -3.58. The number of carbonyl (C=O) groups is 1. The lowest BCUT2D eigenvalue weighted by atomic mass is 10.1. The quantitative estimate of drug-likeness (QED) is 0.631. The standard InChI is InChI=1S/C25H26N2O3S/c1-3-19-7-10-23(11-8-19)31(29,30)26-17-20-9-12-24-21(16-20)13-14-27(24)25(28)22-6-4-5-18(2)15-22/h4-12,15-16,26H,3,13-14,17H2,1-2H3. The molecule has 6 heteroatoms. The van der Waals surface area contributed by atoms with Gasteiger partial charge in [0.15, 0.2) is 0 Å². The van der Waals surface area contributed by atoms with Gasteiger partial charge < -0.3 is 4.90 Å². The molecule has 0 fully saturated rings. The van der Waals surface area contributed by atoms with Crippen molar-refractivity contribution in [3.63, 3.8) is 0 Å². The largest absolute Gasteiger partial charge is 0.308 e. The number of hydrogen-bond acceptors (Lipinski definition) is 3. The second-order valence-corrected chi connectivity index (χ2v) is 9.63. The summed E-state index contributed by atoms with van der Waals surface area (Å²) in [5, 5.41) is 0.